The van der Waals surface area contributed by atoms with Gasteiger partial charge in [0.15, 0.2) is 20.4 Å². The second-order valence-corrected chi connectivity index (χ2v) is 9.90. The molecule has 178 valence electrons. The first-order valence-corrected chi connectivity index (χ1v) is 12.0. The summed E-state index contributed by atoms with van der Waals surface area (Å²) >= 11 is 0. The number of rotatable bonds is 9. The maximum atomic E-state index is 13.2. The van der Waals surface area contributed by atoms with Gasteiger partial charge in [-0.15, -0.1) is 0 Å². The number of allylic oxidation sites excluding steroid dienone is 5. The van der Waals surface area contributed by atoms with E-state index >= 15 is 0 Å². The van der Waals surface area contributed by atoms with E-state index in [-0.39, 0.29) is 49.9 Å². The highest BCUT2D eigenvalue weighted by Crippen LogP contribution is 2.35. The molecule has 1 heterocycles. The van der Waals surface area contributed by atoms with E-state index in [1.165, 1.54) is 36.7 Å². The third-order valence-electron chi connectivity index (χ3n) is 5.56. The third-order valence-corrected chi connectivity index (χ3v) is 8.07. The molecule has 0 atom stereocenters. The number of benzene rings is 1. The van der Waals surface area contributed by atoms with Crippen molar-refractivity contribution in [2.24, 2.45) is 0 Å². The van der Waals surface area contributed by atoms with Crippen molar-refractivity contribution in [3.8, 4) is 5.75 Å². The molecule has 0 spiro atoms. The molecule has 0 aromatic heterocycles. The lowest BCUT2D eigenvalue weighted by molar-refractivity contribution is -0.134. The third kappa shape index (κ3) is 5.52. The molecule has 1 aromatic carbocycles. The van der Waals surface area contributed by atoms with Crippen molar-refractivity contribution in [1.82, 2.24) is 5.48 Å². The van der Waals surface area contributed by atoms with Gasteiger partial charge in [-0.1, -0.05) is 18.2 Å². The summed E-state index contributed by atoms with van der Waals surface area (Å²) in [5.41, 5.74) is 2.06. The number of ether oxygens (including phenoxy) is 3. The number of hydrogen-bond donors (Lipinski definition) is 2. The molecule has 0 saturated carbocycles. The first-order chi connectivity index (χ1) is 15.8. The Balaban J connectivity index is 1.61. The molecule has 1 aliphatic heterocycles. The predicted molar refractivity (Wildman–Crippen MR) is 118 cm³/mol. The summed E-state index contributed by atoms with van der Waals surface area (Å²) < 4.78 is 41.2. The molecular weight excluding hydrogens is 450 g/mol. The summed E-state index contributed by atoms with van der Waals surface area (Å²) in [6.07, 6.45) is 7.60. The summed E-state index contributed by atoms with van der Waals surface area (Å²) in [5.74, 6) is 0.0741. The summed E-state index contributed by atoms with van der Waals surface area (Å²) in [4.78, 5) is 23.8. The van der Waals surface area contributed by atoms with Crippen LogP contribution in [0.5, 0.6) is 5.75 Å². The summed E-state index contributed by atoms with van der Waals surface area (Å²) in [6.45, 7) is 2.14. The van der Waals surface area contributed by atoms with Crippen LogP contribution in [0.4, 0.5) is 0 Å². The Labute approximate surface area is 192 Å². The minimum Gasteiger partial charge on any atom is -0.494 e. The van der Waals surface area contributed by atoms with E-state index in [0.717, 1.165) is 0 Å². The number of Topliss-reactive ketones (excluding diaryl/α,β-unsaturated/α-hetero) is 1. The maximum absolute atomic E-state index is 13.2. The lowest BCUT2D eigenvalue weighted by Crippen LogP contribution is -2.54. The van der Waals surface area contributed by atoms with Gasteiger partial charge in [0.25, 0.3) is 5.91 Å². The molecular formula is C23H27NO8S. The quantitative estimate of drug-likeness (QED) is 0.315. The maximum Gasteiger partial charge on any atom is 0.265 e. The zero-order valence-electron chi connectivity index (χ0n) is 18.3. The summed E-state index contributed by atoms with van der Waals surface area (Å²) in [5, 5.41) is 9.11. The molecule has 33 heavy (non-hydrogen) atoms. The number of carbonyl (C=O) groups is 2. The highest BCUT2D eigenvalue weighted by atomic mass is 32.2. The van der Waals surface area contributed by atoms with Crippen LogP contribution >= 0.6 is 0 Å². The van der Waals surface area contributed by atoms with Crippen molar-refractivity contribution in [3.05, 3.63) is 59.9 Å². The van der Waals surface area contributed by atoms with Gasteiger partial charge in [-0.05, 0) is 50.1 Å². The molecule has 1 fully saturated rings. The average Bonchev–Trinajstić information content (AvgIpc) is 3.08. The number of sulfone groups is 1. The molecule has 3 rings (SSSR count). The van der Waals surface area contributed by atoms with Crippen molar-refractivity contribution >= 4 is 21.5 Å². The van der Waals surface area contributed by atoms with Crippen LogP contribution in [-0.4, -0.2) is 56.5 Å². The fourth-order valence-electron chi connectivity index (χ4n) is 3.65. The van der Waals surface area contributed by atoms with Gasteiger partial charge in [0.05, 0.1) is 4.90 Å². The second-order valence-electron chi connectivity index (χ2n) is 7.64. The zero-order chi connectivity index (χ0) is 23.9. The van der Waals surface area contributed by atoms with Gasteiger partial charge in [0.2, 0.25) is 0 Å². The van der Waals surface area contributed by atoms with Crippen LogP contribution < -0.4 is 10.2 Å². The standard InChI is InChI=1S/C23H27NO8S/c1-17(25)18-4-2-3-5-20(16-18)32-15-14-31-19-6-8-21(9-7-19)33(28,29)23(22(26)24-27)10-12-30-13-11-23/h2-4,6-9,16,27H,5,10-15H2,1H3,(H,24,26). The van der Waals surface area contributed by atoms with Gasteiger partial charge < -0.3 is 14.2 Å². The van der Waals surface area contributed by atoms with Crippen LogP contribution in [0.1, 0.15) is 26.2 Å². The number of carbonyl (C=O) groups excluding carboxylic acids is 2. The molecule has 2 aliphatic rings. The number of hydroxylamine groups is 1. The van der Waals surface area contributed by atoms with Crippen molar-refractivity contribution in [1.29, 1.82) is 0 Å². The Morgan fingerprint density at radius 1 is 1.12 bits per heavy atom. The number of amides is 1. The fraction of sp³-hybridized carbons (Fsp3) is 0.391. The molecule has 0 bridgehead atoms. The molecule has 0 radical (unpaired) electrons. The van der Waals surface area contributed by atoms with E-state index in [0.29, 0.717) is 23.5 Å². The highest BCUT2D eigenvalue weighted by molar-refractivity contribution is 7.93. The van der Waals surface area contributed by atoms with Gasteiger partial charge in [0, 0.05) is 25.2 Å². The minimum atomic E-state index is -4.09. The molecule has 1 amide bonds. The van der Waals surface area contributed by atoms with Crippen LogP contribution in [0.15, 0.2) is 64.8 Å². The molecule has 1 aliphatic carbocycles. The summed E-state index contributed by atoms with van der Waals surface area (Å²) in [6, 6.07) is 5.74. The largest absolute Gasteiger partial charge is 0.494 e. The Kier molecular flexibility index (Phi) is 8.06. The van der Waals surface area contributed by atoms with Crippen molar-refractivity contribution in [2.45, 2.75) is 35.8 Å². The average molecular weight is 478 g/mol. The topological polar surface area (TPSA) is 128 Å². The van der Waals surface area contributed by atoms with Crippen LogP contribution in [0.3, 0.4) is 0 Å². The second kappa shape index (κ2) is 10.8. The monoisotopic (exact) mass is 477 g/mol. The lowest BCUT2D eigenvalue weighted by atomic mass is 9.98. The first-order valence-electron chi connectivity index (χ1n) is 10.5. The van der Waals surface area contributed by atoms with Crippen LogP contribution in [-0.2, 0) is 28.9 Å². The predicted octanol–water partition coefficient (Wildman–Crippen LogP) is 2.27. The Morgan fingerprint density at radius 2 is 1.79 bits per heavy atom. The van der Waals surface area contributed by atoms with E-state index in [1.54, 1.807) is 12.2 Å². The van der Waals surface area contributed by atoms with Crippen molar-refractivity contribution in [2.75, 3.05) is 26.4 Å². The van der Waals surface area contributed by atoms with Gasteiger partial charge >= 0.3 is 0 Å². The zero-order valence-corrected chi connectivity index (χ0v) is 19.1. The van der Waals surface area contributed by atoms with E-state index < -0.39 is 20.5 Å². The summed E-state index contributed by atoms with van der Waals surface area (Å²) in [7, 11) is -4.09. The van der Waals surface area contributed by atoms with E-state index in [2.05, 4.69) is 0 Å². The van der Waals surface area contributed by atoms with Gasteiger partial charge in [-0.25, -0.2) is 13.9 Å². The smallest absolute Gasteiger partial charge is 0.265 e. The lowest BCUT2D eigenvalue weighted by Gasteiger charge is -2.34. The van der Waals surface area contributed by atoms with Crippen molar-refractivity contribution in [3.63, 3.8) is 0 Å². The Hall–Kier alpha value is -2.95. The molecule has 2 N–H and O–H groups in total. The molecule has 0 unspecified atom stereocenters. The van der Waals surface area contributed by atoms with Gasteiger partial charge in [-0.2, -0.15) is 0 Å². The number of nitrogens with one attached hydrogen (secondary N) is 1. The molecule has 9 nitrogen and oxygen atoms in total. The highest BCUT2D eigenvalue weighted by Gasteiger charge is 2.52. The molecule has 1 saturated heterocycles. The Morgan fingerprint density at radius 3 is 2.42 bits per heavy atom. The molecule has 10 heteroatoms. The van der Waals surface area contributed by atoms with E-state index in [9.17, 15) is 18.0 Å². The van der Waals surface area contributed by atoms with Crippen LogP contribution in [0.25, 0.3) is 0 Å². The fourth-order valence-corrected chi connectivity index (χ4v) is 5.59. The van der Waals surface area contributed by atoms with Gasteiger partial charge in [0.1, 0.15) is 24.7 Å². The normalized spacial score (nSPS) is 17.9. The van der Waals surface area contributed by atoms with Crippen molar-refractivity contribution < 1.29 is 37.4 Å². The Bertz CT molecular complexity index is 1060. The minimum absolute atomic E-state index is 0.0458. The number of ketones is 1. The van der Waals surface area contributed by atoms with Crippen LogP contribution in [0.2, 0.25) is 0 Å². The van der Waals surface area contributed by atoms with Gasteiger partial charge in [-0.3, -0.25) is 14.8 Å². The van der Waals surface area contributed by atoms with E-state index in [1.807, 2.05) is 12.2 Å². The molecule has 1 aromatic rings. The first kappa shape index (κ1) is 24.7. The number of hydrogen-bond acceptors (Lipinski definition) is 8. The SMILES string of the molecule is CC(=O)C1=CC=CCC(OCCOc2ccc(S(=O)(=O)C3(C(=O)NO)CCOCC3)cc2)=C1. The van der Waals surface area contributed by atoms with E-state index in [4.69, 9.17) is 19.4 Å². The van der Waals surface area contributed by atoms with Crippen LogP contribution in [0, 0.1) is 0 Å².